The van der Waals surface area contributed by atoms with Gasteiger partial charge in [0, 0.05) is 13.0 Å². The molecule has 1 aromatic heterocycles. The van der Waals surface area contributed by atoms with E-state index >= 15 is 0 Å². The van der Waals surface area contributed by atoms with Gasteiger partial charge in [0.15, 0.2) is 5.82 Å². The molecule has 0 aliphatic carbocycles. The minimum atomic E-state index is -3.00. The predicted molar refractivity (Wildman–Crippen MR) is 49.2 cm³/mol. The lowest BCUT2D eigenvalue weighted by molar-refractivity contribution is -0.129. The SMILES string of the molecule is CCOCCc1noc(CC(=O)C(F)F)n1. The molecule has 0 unspecified atom stereocenters. The zero-order valence-electron chi connectivity index (χ0n) is 8.78. The lowest BCUT2D eigenvalue weighted by Crippen LogP contribution is -2.13. The van der Waals surface area contributed by atoms with Crippen LogP contribution in [0.15, 0.2) is 4.52 Å². The summed E-state index contributed by atoms with van der Waals surface area (Å²) < 4.78 is 33.5. The fourth-order valence-electron chi connectivity index (χ4n) is 0.997. The number of rotatable bonds is 7. The number of Topliss-reactive ketones (excluding diaryl/α,β-unsaturated/α-hetero) is 1. The molecular weight excluding hydrogens is 222 g/mol. The molecule has 0 N–H and O–H groups in total. The molecule has 0 spiro atoms. The van der Waals surface area contributed by atoms with Crippen molar-refractivity contribution in [2.24, 2.45) is 0 Å². The van der Waals surface area contributed by atoms with Crippen LogP contribution in [0, 0.1) is 0 Å². The van der Waals surface area contributed by atoms with Crippen LogP contribution in [0.1, 0.15) is 18.6 Å². The highest BCUT2D eigenvalue weighted by Crippen LogP contribution is 2.04. The number of ketones is 1. The van der Waals surface area contributed by atoms with Crippen LogP contribution in [0.25, 0.3) is 0 Å². The van der Waals surface area contributed by atoms with Crippen molar-refractivity contribution in [2.45, 2.75) is 26.2 Å². The second kappa shape index (κ2) is 6.26. The summed E-state index contributed by atoms with van der Waals surface area (Å²) in [5, 5.41) is 3.54. The monoisotopic (exact) mass is 234 g/mol. The Balaban J connectivity index is 2.42. The highest BCUT2D eigenvalue weighted by atomic mass is 19.3. The number of nitrogens with zero attached hydrogens (tertiary/aromatic N) is 2. The normalized spacial score (nSPS) is 11.0. The number of alkyl halides is 2. The maximum Gasteiger partial charge on any atom is 0.296 e. The molecule has 0 aromatic carbocycles. The fraction of sp³-hybridized carbons (Fsp3) is 0.667. The molecule has 0 saturated heterocycles. The van der Waals surface area contributed by atoms with E-state index in [0.717, 1.165) is 0 Å². The largest absolute Gasteiger partial charge is 0.381 e. The molecule has 0 fully saturated rings. The van der Waals surface area contributed by atoms with E-state index in [-0.39, 0.29) is 5.89 Å². The molecule has 0 radical (unpaired) electrons. The van der Waals surface area contributed by atoms with Crippen molar-refractivity contribution < 1.29 is 22.8 Å². The van der Waals surface area contributed by atoms with Crippen LogP contribution in [0.2, 0.25) is 0 Å². The minimum absolute atomic E-state index is 0.0863. The van der Waals surface area contributed by atoms with Gasteiger partial charge in [-0.25, -0.2) is 8.78 Å². The van der Waals surface area contributed by atoms with Gasteiger partial charge < -0.3 is 9.26 Å². The van der Waals surface area contributed by atoms with Gasteiger partial charge >= 0.3 is 0 Å². The van der Waals surface area contributed by atoms with Crippen molar-refractivity contribution in [3.05, 3.63) is 11.7 Å². The molecule has 7 heteroatoms. The van der Waals surface area contributed by atoms with Gasteiger partial charge in [-0.05, 0) is 6.92 Å². The number of aromatic nitrogens is 2. The lowest BCUT2D eigenvalue weighted by atomic mass is 10.3. The van der Waals surface area contributed by atoms with E-state index in [1.165, 1.54) is 0 Å². The molecule has 16 heavy (non-hydrogen) atoms. The fourth-order valence-corrected chi connectivity index (χ4v) is 0.997. The molecule has 0 aliphatic rings. The third-order valence-electron chi connectivity index (χ3n) is 1.75. The Kier molecular flexibility index (Phi) is 4.97. The van der Waals surface area contributed by atoms with Crippen molar-refractivity contribution in [3.8, 4) is 0 Å². The summed E-state index contributed by atoms with van der Waals surface area (Å²) in [6, 6.07) is 0. The summed E-state index contributed by atoms with van der Waals surface area (Å²) in [6.07, 6.45) is -3.10. The zero-order chi connectivity index (χ0) is 12.0. The maximum atomic E-state index is 11.9. The van der Waals surface area contributed by atoms with Gasteiger partial charge in [0.2, 0.25) is 11.7 Å². The van der Waals surface area contributed by atoms with Crippen molar-refractivity contribution in [1.29, 1.82) is 0 Å². The summed E-state index contributed by atoms with van der Waals surface area (Å²) in [4.78, 5) is 14.5. The van der Waals surface area contributed by atoms with E-state index in [0.29, 0.717) is 25.5 Å². The standard InChI is InChI=1S/C9H12F2N2O3/c1-2-15-4-3-7-12-8(16-13-7)5-6(14)9(10)11/h9H,2-5H2,1H3. The maximum absolute atomic E-state index is 11.9. The van der Waals surface area contributed by atoms with Crippen molar-refractivity contribution >= 4 is 5.78 Å². The first-order chi connectivity index (χ1) is 7.63. The molecule has 0 amide bonds. The first kappa shape index (κ1) is 12.7. The van der Waals surface area contributed by atoms with Crippen LogP contribution in [-0.2, 0) is 22.4 Å². The average Bonchev–Trinajstić information content (AvgIpc) is 2.66. The van der Waals surface area contributed by atoms with Gasteiger partial charge in [-0.1, -0.05) is 5.16 Å². The van der Waals surface area contributed by atoms with E-state index in [4.69, 9.17) is 4.74 Å². The molecule has 5 nitrogen and oxygen atoms in total. The summed E-state index contributed by atoms with van der Waals surface area (Å²) in [6.45, 7) is 2.86. The van der Waals surface area contributed by atoms with Crippen LogP contribution < -0.4 is 0 Å². The predicted octanol–water partition coefficient (Wildman–Crippen LogP) is 1.03. The summed E-state index contributed by atoms with van der Waals surface area (Å²) in [5.41, 5.74) is 0. The molecule has 0 bridgehead atoms. The number of ether oxygens (including phenoxy) is 1. The number of carbonyl (C=O) groups excluding carboxylic acids is 1. The van der Waals surface area contributed by atoms with Crippen LogP contribution in [-0.4, -0.2) is 35.6 Å². The second-order valence-electron chi connectivity index (χ2n) is 3.00. The van der Waals surface area contributed by atoms with E-state index < -0.39 is 18.6 Å². The average molecular weight is 234 g/mol. The first-order valence-corrected chi connectivity index (χ1v) is 4.83. The van der Waals surface area contributed by atoms with E-state index in [9.17, 15) is 13.6 Å². The summed E-state index contributed by atoms with van der Waals surface area (Å²) in [7, 11) is 0. The van der Waals surface area contributed by atoms with Gasteiger partial charge in [-0.2, -0.15) is 4.98 Å². The Morgan fingerprint density at radius 2 is 2.31 bits per heavy atom. The van der Waals surface area contributed by atoms with E-state index in [2.05, 4.69) is 14.7 Å². The molecule has 1 rings (SSSR count). The number of halogens is 2. The third-order valence-corrected chi connectivity index (χ3v) is 1.75. The zero-order valence-corrected chi connectivity index (χ0v) is 8.78. The van der Waals surface area contributed by atoms with Gasteiger partial charge in [0.1, 0.15) is 0 Å². The minimum Gasteiger partial charge on any atom is -0.381 e. The topological polar surface area (TPSA) is 65.2 Å². The Morgan fingerprint density at radius 3 is 2.94 bits per heavy atom. The smallest absolute Gasteiger partial charge is 0.296 e. The van der Waals surface area contributed by atoms with Crippen molar-refractivity contribution in [3.63, 3.8) is 0 Å². The molecule has 0 atom stereocenters. The molecule has 1 aromatic rings. The molecule has 90 valence electrons. The van der Waals surface area contributed by atoms with Crippen LogP contribution in [0.5, 0.6) is 0 Å². The quantitative estimate of drug-likeness (QED) is 0.659. The summed E-state index contributed by atoms with van der Waals surface area (Å²) >= 11 is 0. The Bertz CT molecular complexity index is 341. The summed E-state index contributed by atoms with van der Waals surface area (Å²) in [5.74, 6) is -0.956. The molecular formula is C9H12F2N2O3. The number of hydrogen-bond donors (Lipinski definition) is 0. The first-order valence-electron chi connectivity index (χ1n) is 4.83. The lowest BCUT2D eigenvalue weighted by Gasteiger charge is -1.95. The van der Waals surface area contributed by atoms with E-state index in [1.54, 1.807) is 0 Å². The van der Waals surface area contributed by atoms with Crippen molar-refractivity contribution in [2.75, 3.05) is 13.2 Å². The number of hydrogen-bond acceptors (Lipinski definition) is 5. The van der Waals surface area contributed by atoms with Crippen LogP contribution in [0.3, 0.4) is 0 Å². The van der Waals surface area contributed by atoms with Gasteiger partial charge in [0.25, 0.3) is 6.43 Å². The van der Waals surface area contributed by atoms with E-state index in [1.807, 2.05) is 6.92 Å². The highest BCUT2D eigenvalue weighted by molar-refractivity contribution is 5.82. The Morgan fingerprint density at radius 1 is 1.56 bits per heavy atom. The second-order valence-corrected chi connectivity index (χ2v) is 3.00. The highest BCUT2D eigenvalue weighted by Gasteiger charge is 2.19. The van der Waals surface area contributed by atoms with Gasteiger partial charge in [0.05, 0.1) is 13.0 Å². The third kappa shape index (κ3) is 4.01. The van der Waals surface area contributed by atoms with Crippen LogP contribution >= 0.6 is 0 Å². The van der Waals surface area contributed by atoms with Crippen LogP contribution in [0.4, 0.5) is 8.78 Å². The van der Waals surface area contributed by atoms with Crippen molar-refractivity contribution in [1.82, 2.24) is 10.1 Å². The molecule has 0 aliphatic heterocycles. The Hall–Kier alpha value is -1.37. The molecule has 0 saturated carbocycles. The van der Waals surface area contributed by atoms with Gasteiger partial charge in [-0.3, -0.25) is 4.79 Å². The van der Waals surface area contributed by atoms with Gasteiger partial charge in [-0.15, -0.1) is 0 Å². The number of carbonyl (C=O) groups is 1. The Labute approximate surface area is 90.8 Å². The molecule has 1 heterocycles.